The van der Waals surface area contributed by atoms with Gasteiger partial charge in [-0.1, -0.05) is 54.1 Å². The molecule has 0 amide bonds. The van der Waals surface area contributed by atoms with E-state index in [-0.39, 0.29) is 0 Å². The molecule has 0 aliphatic carbocycles. The van der Waals surface area contributed by atoms with Crippen LogP contribution in [0.4, 0.5) is 5.69 Å². The van der Waals surface area contributed by atoms with Crippen molar-refractivity contribution < 1.29 is 24.1 Å². The van der Waals surface area contributed by atoms with E-state index >= 15 is 0 Å². The van der Waals surface area contributed by atoms with Crippen molar-refractivity contribution in [3.8, 4) is 45.1 Å². The van der Waals surface area contributed by atoms with Gasteiger partial charge >= 0.3 is 5.97 Å². The van der Waals surface area contributed by atoms with Gasteiger partial charge < -0.3 is 24.2 Å². The smallest absolute Gasteiger partial charge is 0.337 e. The third-order valence-electron chi connectivity index (χ3n) is 8.66. The molecule has 2 aliphatic rings. The van der Waals surface area contributed by atoms with Gasteiger partial charge in [-0.15, -0.1) is 0 Å². The predicted octanol–water partition coefficient (Wildman–Crippen LogP) is 8.56. The summed E-state index contributed by atoms with van der Waals surface area (Å²) in [5.41, 5.74) is 6.16. The summed E-state index contributed by atoms with van der Waals surface area (Å²) in [5.74, 6) is 0.361. The van der Waals surface area contributed by atoms with Gasteiger partial charge in [0.1, 0.15) is 18.1 Å². The van der Waals surface area contributed by atoms with E-state index in [1.807, 2.05) is 63.2 Å². The van der Waals surface area contributed by atoms with Crippen LogP contribution in [0.25, 0.3) is 39.3 Å². The predicted molar refractivity (Wildman–Crippen MR) is 192 cm³/mol. The molecule has 0 saturated carbocycles. The molecule has 5 aromatic rings. The Kier molecular flexibility index (Phi) is 8.81. The van der Waals surface area contributed by atoms with E-state index in [4.69, 9.17) is 35.9 Å². The summed E-state index contributed by atoms with van der Waals surface area (Å²) in [6.45, 7) is 9.71. The Labute approximate surface area is 290 Å². The van der Waals surface area contributed by atoms with Crippen molar-refractivity contribution in [3.63, 3.8) is 0 Å². The number of anilines is 1. The van der Waals surface area contributed by atoms with Crippen LogP contribution in [0.3, 0.4) is 0 Å². The molecule has 1 N–H and O–H groups in total. The van der Waals surface area contributed by atoms with Crippen molar-refractivity contribution >= 4 is 28.9 Å². The Balaban J connectivity index is 1.50. The zero-order valence-corrected chi connectivity index (χ0v) is 28.8. The molecule has 49 heavy (non-hydrogen) atoms. The second-order valence-corrected chi connectivity index (χ2v) is 13.7. The maximum absolute atomic E-state index is 13.0. The second kappa shape index (κ2) is 13.2. The van der Waals surface area contributed by atoms with E-state index < -0.39 is 17.7 Å². The number of carboxylic acid groups (broad SMARTS) is 1. The van der Waals surface area contributed by atoms with Gasteiger partial charge in [-0.3, -0.25) is 0 Å². The number of rotatable bonds is 3. The van der Waals surface area contributed by atoms with Crippen LogP contribution >= 0.6 is 11.6 Å². The highest BCUT2D eigenvalue weighted by Gasteiger charge is 2.35. The summed E-state index contributed by atoms with van der Waals surface area (Å²) in [7, 11) is 0. The first kappa shape index (κ1) is 32.7. The van der Waals surface area contributed by atoms with Crippen molar-refractivity contribution in [2.24, 2.45) is 0 Å². The molecule has 0 fully saturated rings. The lowest BCUT2D eigenvalue weighted by Crippen LogP contribution is -2.33. The fraction of sp³-hybridized carbons (Fsp3) is 0.308. The number of carboxylic acids is 1. The molecule has 2 aromatic heterocycles. The maximum atomic E-state index is 13.0. The first-order valence-corrected chi connectivity index (χ1v) is 17.0. The number of hydrogen-bond donors (Lipinski definition) is 1. The molecule has 10 heteroatoms. The van der Waals surface area contributed by atoms with Gasteiger partial charge in [0.05, 0.1) is 40.9 Å². The van der Waals surface area contributed by atoms with Crippen molar-refractivity contribution in [1.82, 2.24) is 14.6 Å². The number of hydrogen-bond acceptors (Lipinski definition) is 7. The number of benzene rings is 3. The number of ether oxygens (including phenoxy) is 3. The van der Waals surface area contributed by atoms with Gasteiger partial charge in [0.15, 0.2) is 11.8 Å². The van der Waals surface area contributed by atoms with Crippen molar-refractivity contribution in [2.75, 3.05) is 31.2 Å². The largest absolute Gasteiger partial charge is 0.494 e. The minimum Gasteiger partial charge on any atom is -0.494 e. The topological polar surface area (TPSA) is 98.4 Å². The summed E-state index contributed by atoms with van der Waals surface area (Å²) in [4.78, 5) is 20.0. The fourth-order valence-electron chi connectivity index (χ4n) is 6.47. The fourth-order valence-corrected chi connectivity index (χ4v) is 6.83. The van der Waals surface area contributed by atoms with Crippen LogP contribution < -0.4 is 14.4 Å². The van der Waals surface area contributed by atoms with Crippen LogP contribution in [-0.2, 0) is 9.53 Å². The molecular weight excluding hydrogens is 640 g/mol. The zero-order chi connectivity index (χ0) is 34.3. The molecule has 3 aromatic carbocycles. The molecule has 0 spiro atoms. The number of aromatic nitrogens is 3. The van der Waals surface area contributed by atoms with Gasteiger partial charge in [0.25, 0.3) is 0 Å². The molecule has 0 unspecified atom stereocenters. The Morgan fingerprint density at radius 1 is 0.980 bits per heavy atom. The number of fused-ring (bicyclic) bond motifs is 9. The van der Waals surface area contributed by atoms with Crippen LogP contribution in [0.5, 0.6) is 11.5 Å². The molecule has 7 rings (SSSR count). The maximum Gasteiger partial charge on any atom is 0.337 e. The SMILES string of the molecule is Cc1nc2cc3nn2c(c1[C@H](OC(C)(C)C)C(=O)O)-c1ccc2c(c1Cl)N(C/C=C\CCCOc1cccc(c1)-c1cccc-3c1)CCO2. The normalized spacial score (nSPS) is 16.0. The molecular formula is C39H39ClN4O5. The highest BCUT2D eigenvalue weighted by molar-refractivity contribution is 6.36. The van der Waals surface area contributed by atoms with Gasteiger partial charge in [-0.2, -0.15) is 5.10 Å². The van der Waals surface area contributed by atoms with E-state index in [9.17, 15) is 9.90 Å². The van der Waals surface area contributed by atoms with Crippen LogP contribution in [0.1, 0.15) is 51.0 Å². The van der Waals surface area contributed by atoms with Crippen molar-refractivity contribution in [3.05, 3.63) is 95.2 Å². The van der Waals surface area contributed by atoms with E-state index in [1.54, 1.807) is 11.4 Å². The summed E-state index contributed by atoms with van der Waals surface area (Å²) in [6, 6.07) is 22.0. The molecule has 252 valence electrons. The average Bonchev–Trinajstić information content (AvgIpc) is 3.50. The molecule has 8 bridgehead atoms. The molecule has 1 atom stereocenters. The first-order chi connectivity index (χ1) is 23.6. The minimum absolute atomic E-state index is 0.388. The number of aliphatic carboxylic acids is 1. The quantitative estimate of drug-likeness (QED) is 0.190. The lowest BCUT2D eigenvalue weighted by atomic mass is 9.97. The van der Waals surface area contributed by atoms with E-state index in [1.165, 1.54) is 0 Å². The zero-order valence-electron chi connectivity index (χ0n) is 28.1. The lowest BCUT2D eigenvalue weighted by molar-refractivity contribution is -0.160. The summed E-state index contributed by atoms with van der Waals surface area (Å²) >= 11 is 7.37. The van der Waals surface area contributed by atoms with E-state index in [2.05, 4.69) is 41.3 Å². The van der Waals surface area contributed by atoms with Gasteiger partial charge in [-0.25, -0.2) is 14.3 Å². The molecule has 4 heterocycles. The Morgan fingerprint density at radius 3 is 2.55 bits per heavy atom. The molecule has 2 aliphatic heterocycles. The van der Waals surface area contributed by atoms with Crippen LogP contribution in [0.15, 0.2) is 78.9 Å². The molecule has 9 nitrogen and oxygen atoms in total. The number of halogens is 1. The van der Waals surface area contributed by atoms with Crippen LogP contribution in [-0.4, -0.2) is 57.6 Å². The van der Waals surface area contributed by atoms with Crippen molar-refractivity contribution in [1.29, 1.82) is 0 Å². The Hall–Kier alpha value is -4.86. The monoisotopic (exact) mass is 678 g/mol. The third-order valence-corrected chi connectivity index (χ3v) is 9.04. The Bertz CT molecular complexity index is 2080. The minimum atomic E-state index is -1.34. The number of allylic oxidation sites excluding steroid dienone is 1. The second-order valence-electron chi connectivity index (χ2n) is 13.3. The standard InChI is InChI=1S/C39H39ClN4O5/c1-24-33(37(38(45)46)49-39(2,3)4)35-29-15-16-31-36(34(29)40)43(18-20-48-31)17-7-5-6-8-19-47-28-14-10-12-26(22-28)25-11-9-13-27(21-25)30-23-32(41-24)44(35)42-30/h5,7,9-16,21-23,37H,6,8,17-20H2,1-4H3,(H,45,46)/b7-5-/t37-/m0/s1. The van der Waals surface area contributed by atoms with Crippen LogP contribution in [0, 0.1) is 6.92 Å². The summed E-state index contributed by atoms with van der Waals surface area (Å²) in [5, 5.41) is 16.1. The van der Waals surface area contributed by atoms with Gasteiger partial charge in [0, 0.05) is 35.0 Å². The molecule has 0 radical (unpaired) electrons. The highest BCUT2D eigenvalue weighted by atomic mass is 35.5. The number of carbonyl (C=O) groups is 1. The summed E-state index contributed by atoms with van der Waals surface area (Å²) in [6.07, 6.45) is 4.72. The van der Waals surface area contributed by atoms with E-state index in [0.717, 1.165) is 41.0 Å². The first-order valence-electron chi connectivity index (χ1n) is 16.6. The highest BCUT2D eigenvalue weighted by Crippen LogP contribution is 2.46. The lowest BCUT2D eigenvalue weighted by Gasteiger charge is -2.32. The Morgan fingerprint density at radius 2 is 1.76 bits per heavy atom. The van der Waals surface area contributed by atoms with Gasteiger partial charge in [0.2, 0.25) is 0 Å². The number of aryl methyl sites for hydroxylation is 1. The molecule has 0 saturated heterocycles. The van der Waals surface area contributed by atoms with E-state index in [0.29, 0.717) is 70.9 Å². The summed E-state index contributed by atoms with van der Waals surface area (Å²) < 4.78 is 20.1. The average molecular weight is 679 g/mol. The van der Waals surface area contributed by atoms with Gasteiger partial charge in [-0.05, 0) is 82.0 Å². The third kappa shape index (κ3) is 6.60. The van der Waals surface area contributed by atoms with Crippen molar-refractivity contribution in [2.45, 2.75) is 52.2 Å². The van der Waals surface area contributed by atoms with Crippen LogP contribution in [0.2, 0.25) is 5.02 Å². The number of nitrogens with zero attached hydrogens (tertiary/aromatic N) is 4.